The van der Waals surface area contributed by atoms with Gasteiger partial charge in [0, 0.05) is 5.56 Å². The Morgan fingerprint density at radius 3 is 2.25 bits per heavy atom. The van der Waals surface area contributed by atoms with E-state index in [0.717, 1.165) is 0 Å². The van der Waals surface area contributed by atoms with E-state index in [4.69, 9.17) is 22.7 Å². The summed E-state index contributed by atoms with van der Waals surface area (Å²) in [6.45, 7) is 1.61. The fourth-order valence-corrected chi connectivity index (χ4v) is 2.17. The lowest BCUT2D eigenvalue weighted by atomic mass is 10.1. The number of benzene rings is 2. The molecule has 0 saturated carbocycles. The van der Waals surface area contributed by atoms with Gasteiger partial charge in [0.15, 0.2) is 16.6 Å². The maximum Gasteiger partial charge on any atom is 0.200 e. The standard InChI is InChI=1S/C16H17N3O4S/c1-9(12-7-8-13(20)15(22)14(12)21)18-19(16(17)24)10-3-5-11(23-2)6-4-10/h3-8,20-22H,1-2H3,(H2,17,24)/b18-9+. The zero-order chi connectivity index (χ0) is 17.9. The second kappa shape index (κ2) is 7.05. The molecule has 0 radical (unpaired) electrons. The van der Waals surface area contributed by atoms with Crippen LogP contribution >= 0.6 is 12.2 Å². The van der Waals surface area contributed by atoms with Crippen LogP contribution < -0.4 is 15.5 Å². The predicted molar refractivity (Wildman–Crippen MR) is 95.9 cm³/mol. The van der Waals surface area contributed by atoms with Crippen LogP contribution in [0, 0.1) is 0 Å². The average molecular weight is 347 g/mol. The summed E-state index contributed by atoms with van der Waals surface area (Å²) in [5, 5.41) is 34.6. The summed E-state index contributed by atoms with van der Waals surface area (Å²) < 4.78 is 5.10. The number of nitrogens with zero attached hydrogens (tertiary/aromatic N) is 2. The van der Waals surface area contributed by atoms with Gasteiger partial charge in [0.05, 0.1) is 18.5 Å². The minimum Gasteiger partial charge on any atom is -0.504 e. The summed E-state index contributed by atoms with van der Waals surface area (Å²) in [7, 11) is 1.56. The number of hydrazone groups is 1. The molecule has 0 bridgehead atoms. The number of hydrogen-bond acceptors (Lipinski definition) is 6. The van der Waals surface area contributed by atoms with Crippen molar-refractivity contribution in [2.75, 3.05) is 12.1 Å². The van der Waals surface area contributed by atoms with Gasteiger partial charge in [-0.1, -0.05) is 0 Å². The molecule has 0 unspecified atom stereocenters. The van der Waals surface area contributed by atoms with Crippen molar-refractivity contribution in [1.29, 1.82) is 0 Å². The van der Waals surface area contributed by atoms with Gasteiger partial charge in [0.25, 0.3) is 0 Å². The Kier molecular flexibility index (Phi) is 5.10. The molecule has 0 atom stereocenters. The van der Waals surface area contributed by atoms with Gasteiger partial charge in [0.1, 0.15) is 5.75 Å². The van der Waals surface area contributed by atoms with Gasteiger partial charge in [-0.25, -0.2) is 5.01 Å². The molecule has 2 aromatic carbocycles. The van der Waals surface area contributed by atoms with E-state index in [1.54, 1.807) is 38.3 Å². The molecule has 8 heteroatoms. The van der Waals surface area contributed by atoms with E-state index in [-0.39, 0.29) is 10.7 Å². The number of anilines is 1. The highest BCUT2D eigenvalue weighted by molar-refractivity contribution is 7.80. The third kappa shape index (κ3) is 3.49. The van der Waals surface area contributed by atoms with Crippen LogP contribution in [0.5, 0.6) is 23.0 Å². The maximum atomic E-state index is 9.95. The first-order valence-corrected chi connectivity index (χ1v) is 7.29. The summed E-state index contributed by atoms with van der Waals surface area (Å²) >= 11 is 5.02. The molecule has 0 saturated heterocycles. The zero-order valence-electron chi connectivity index (χ0n) is 13.1. The molecule has 24 heavy (non-hydrogen) atoms. The highest BCUT2D eigenvalue weighted by Gasteiger charge is 2.15. The molecule has 2 rings (SSSR count). The molecule has 0 aliphatic carbocycles. The summed E-state index contributed by atoms with van der Waals surface area (Å²) in [6.07, 6.45) is 0. The third-order valence-electron chi connectivity index (χ3n) is 3.30. The van der Waals surface area contributed by atoms with Crippen molar-refractivity contribution in [3.05, 3.63) is 42.0 Å². The molecular weight excluding hydrogens is 330 g/mol. The molecule has 5 N–H and O–H groups in total. The van der Waals surface area contributed by atoms with Crippen molar-refractivity contribution in [3.63, 3.8) is 0 Å². The van der Waals surface area contributed by atoms with Gasteiger partial charge in [0.2, 0.25) is 5.75 Å². The van der Waals surface area contributed by atoms with E-state index in [9.17, 15) is 15.3 Å². The number of aromatic hydroxyl groups is 3. The maximum absolute atomic E-state index is 9.95. The first-order chi connectivity index (χ1) is 11.3. The molecular formula is C16H17N3O4S. The van der Waals surface area contributed by atoms with Crippen LogP contribution in [0.25, 0.3) is 0 Å². The van der Waals surface area contributed by atoms with Gasteiger partial charge < -0.3 is 25.8 Å². The SMILES string of the molecule is COc1ccc(N(/N=C(\C)c2ccc(O)c(O)c2O)C(N)=S)cc1. The molecule has 0 aromatic heterocycles. The summed E-state index contributed by atoms with van der Waals surface area (Å²) in [4.78, 5) is 0. The Bertz CT molecular complexity index is 791. The monoisotopic (exact) mass is 347 g/mol. The highest BCUT2D eigenvalue weighted by Crippen LogP contribution is 2.37. The zero-order valence-corrected chi connectivity index (χ0v) is 13.9. The first-order valence-electron chi connectivity index (χ1n) is 6.88. The van der Waals surface area contributed by atoms with Gasteiger partial charge in [-0.2, -0.15) is 5.10 Å². The third-order valence-corrected chi connectivity index (χ3v) is 3.47. The number of phenols is 3. The highest BCUT2D eigenvalue weighted by atomic mass is 32.1. The fraction of sp³-hybridized carbons (Fsp3) is 0.125. The summed E-state index contributed by atoms with van der Waals surface area (Å²) in [5.41, 5.74) is 6.90. The second-order valence-corrected chi connectivity index (χ2v) is 5.28. The molecule has 0 aliphatic rings. The minimum absolute atomic E-state index is 0.00186. The molecule has 7 nitrogen and oxygen atoms in total. The lowest BCUT2D eigenvalue weighted by molar-refractivity contribution is 0.367. The smallest absolute Gasteiger partial charge is 0.200 e. The van der Waals surface area contributed by atoms with Gasteiger partial charge in [-0.05, 0) is 55.5 Å². The van der Waals surface area contributed by atoms with Gasteiger partial charge in [-0.3, -0.25) is 0 Å². The van der Waals surface area contributed by atoms with Crippen molar-refractivity contribution >= 4 is 28.7 Å². The topological polar surface area (TPSA) is 112 Å². The number of rotatable bonds is 4. The summed E-state index contributed by atoms with van der Waals surface area (Å²) in [6, 6.07) is 9.59. The van der Waals surface area contributed by atoms with Crippen molar-refractivity contribution in [3.8, 4) is 23.0 Å². The van der Waals surface area contributed by atoms with Crippen LogP contribution in [0.1, 0.15) is 12.5 Å². The Morgan fingerprint density at radius 2 is 1.71 bits per heavy atom. The van der Waals surface area contributed by atoms with Crippen LogP contribution in [-0.4, -0.2) is 33.3 Å². The normalized spacial score (nSPS) is 11.2. The average Bonchev–Trinajstić information content (AvgIpc) is 2.57. The fourth-order valence-electron chi connectivity index (χ4n) is 2.02. The number of hydrogen-bond donors (Lipinski definition) is 4. The van der Waals surface area contributed by atoms with Crippen LogP contribution in [-0.2, 0) is 0 Å². The van der Waals surface area contributed by atoms with E-state index >= 15 is 0 Å². The van der Waals surface area contributed by atoms with E-state index in [2.05, 4.69) is 5.10 Å². The van der Waals surface area contributed by atoms with Crippen LogP contribution in [0.15, 0.2) is 41.5 Å². The Labute approximate surface area is 144 Å². The van der Waals surface area contributed by atoms with Gasteiger partial charge in [-0.15, -0.1) is 0 Å². The summed E-state index contributed by atoms with van der Waals surface area (Å²) in [5.74, 6) is -0.851. The number of ether oxygens (including phenoxy) is 1. The number of phenolic OH excluding ortho intramolecular Hbond substituents is 3. The van der Waals surface area contributed by atoms with Crippen LogP contribution in [0.4, 0.5) is 5.69 Å². The van der Waals surface area contributed by atoms with Crippen molar-refractivity contribution in [2.45, 2.75) is 6.92 Å². The van der Waals surface area contributed by atoms with E-state index in [1.807, 2.05) is 0 Å². The molecule has 2 aromatic rings. The molecule has 126 valence electrons. The van der Waals surface area contributed by atoms with E-state index in [0.29, 0.717) is 17.1 Å². The first kappa shape index (κ1) is 17.4. The van der Waals surface area contributed by atoms with E-state index < -0.39 is 17.2 Å². The Hall–Kier alpha value is -3.00. The second-order valence-electron chi connectivity index (χ2n) is 4.86. The quantitative estimate of drug-likeness (QED) is 0.290. The van der Waals surface area contributed by atoms with Gasteiger partial charge >= 0.3 is 0 Å². The number of methoxy groups -OCH3 is 1. The molecule has 0 heterocycles. The largest absolute Gasteiger partial charge is 0.504 e. The van der Waals surface area contributed by atoms with Crippen molar-refractivity contribution in [1.82, 2.24) is 0 Å². The molecule has 0 fully saturated rings. The minimum atomic E-state index is -0.617. The van der Waals surface area contributed by atoms with Crippen LogP contribution in [0.2, 0.25) is 0 Å². The number of nitrogens with two attached hydrogens (primary N) is 1. The van der Waals surface area contributed by atoms with Crippen molar-refractivity contribution in [2.24, 2.45) is 10.8 Å². The van der Waals surface area contributed by atoms with Crippen LogP contribution in [0.3, 0.4) is 0 Å². The molecule has 0 amide bonds. The lowest BCUT2D eigenvalue weighted by Gasteiger charge is -2.19. The Balaban J connectivity index is 2.43. The predicted octanol–water partition coefficient (Wildman–Crippen LogP) is 2.29. The van der Waals surface area contributed by atoms with E-state index in [1.165, 1.54) is 17.1 Å². The number of thiocarbonyl (C=S) groups is 1. The van der Waals surface area contributed by atoms with Crippen molar-refractivity contribution < 1.29 is 20.1 Å². The molecule has 0 spiro atoms. The molecule has 0 aliphatic heterocycles. The Morgan fingerprint density at radius 1 is 1.08 bits per heavy atom. The lowest BCUT2D eigenvalue weighted by Crippen LogP contribution is -2.31.